The van der Waals surface area contributed by atoms with Crippen LogP contribution in [0.3, 0.4) is 0 Å². The van der Waals surface area contributed by atoms with Gasteiger partial charge in [0.15, 0.2) is 0 Å². The minimum atomic E-state index is -0.595. The van der Waals surface area contributed by atoms with Crippen molar-refractivity contribution in [3.8, 4) is 0 Å². The second-order valence-corrected chi connectivity index (χ2v) is 8.03. The molecular formula is C20H26N4O2S. The zero-order chi connectivity index (χ0) is 19.2. The van der Waals surface area contributed by atoms with Crippen molar-refractivity contribution in [2.24, 2.45) is 5.92 Å². The molecule has 0 spiro atoms. The van der Waals surface area contributed by atoms with Crippen molar-refractivity contribution in [1.82, 2.24) is 15.6 Å². The molecular weight excluding hydrogens is 360 g/mol. The Morgan fingerprint density at radius 1 is 1.30 bits per heavy atom. The van der Waals surface area contributed by atoms with E-state index in [4.69, 9.17) is 0 Å². The minimum absolute atomic E-state index is 0.214. The lowest BCUT2D eigenvalue weighted by atomic mass is 9.99. The van der Waals surface area contributed by atoms with Gasteiger partial charge in [0.2, 0.25) is 5.91 Å². The molecule has 0 radical (unpaired) electrons. The first-order chi connectivity index (χ1) is 13.0. The summed E-state index contributed by atoms with van der Waals surface area (Å²) in [6.45, 7) is 6.46. The van der Waals surface area contributed by atoms with E-state index in [0.29, 0.717) is 11.4 Å². The van der Waals surface area contributed by atoms with Crippen LogP contribution in [0.1, 0.15) is 41.9 Å². The van der Waals surface area contributed by atoms with E-state index in [1.807, 2.05) is 29.8 Å². The molecule has 7 heteroatoms. The van der Waals surface area contributed by atoms with Crippen LogP contribution >= 0.6 is 11.3 Å². The van der Waals surface area contributed by atoms with Crippen molar-refractivity contribution in [3.05, 3.63) is 46.3 Å². The van der Waals surface area contributed by atoms with Gasteiger partial charge >= 0.3 is 0 Å². The summed E-state index contributed by atoms with van der Waals surface area (Å²) in [4.78, 5) is 31.7. The number of anilines is 1. The van der Waals surface area contributed by atoms with E-state index in [0.717, 1.165) is 30.4 Å². The van der Waals surface area contributed by atoms with Gasteiger partial charge in [-0.05, 0) is 48.8 Å². The van der Waals surface area contributed by atoms with Crippen LogP contribution in [0.2, 0.25) is 0 Å². The van der Waals surface area contributed by atoms with Crippen molar-refractivity contribution in [3.63, 3.8) is 0 Å². The SMILES string of the molecule is CC1CCN(c2ccc(CNC(=O)C(C)NC(=O)c3cccs3)cn2)CC1. The molecule has 3 rings (SSSR count). The first kappa shape index (κ1) is 19.4. The van der Waals surface area contributed by atoms with Gasteiger partial charge < -0.3 is 15.5 Å². The van der Waals surface area contributed by atoms with Crippen molar-refractivity contribution >= 4 is 29.0 Å². The number of amides is 2. The van der Waals surface area contributed by atoms with Crippen LogP contribution in [0.25, 0.3) is 0 Å². The number of carbonyl (C=O) groups is 2. The smallest absolute Gasteiger partial charge is 0.261 e. The lowest BCUT2D eigenvalue weighted by Crippen LogP contribution is -2.44. The molecule has 6 nitrogen and oxygen atoms in total. The Labute approximate surface area is 164 Å². The summed E-state index contributed by atoms with van der Waals surface area (Å²) >= 11 is 1.35. The normalized spacial score (nSPS) is 16.0. The van der Waals surface area contributed by atoms with Crippen LogP contribution < -0.4 is 15.5 Å². The maximum atomic E-state index is 12.2. The Morgan fingerprint density at radius 3 is 2.70 bits per heavy atom. The fourth-order valence-corrected chi connectivity index (χ4v) is 3.66. The summed E-state index contributed by atoms with van der Waals surface area (Å²) in [5.74, 6) is 1.34. The average molecular weight is 387 g/mol. The van der Waals surface area contributed by atoms with Gasteiger partial charge in [0.25, 0.3) is 5.91 Å². The van der Waals surface area contributed by atoms with E-state index in [-0.39, 0.29) is 11.8 Å². The number of hydrogen-bond donors (Lipinski definition) is 2. The second-order valence-electron chi connectivity index (χ2n) is 7.08. The van der Waals surface area contributed by atoms with Crippen LogP contribution in [-0.2, 0) is 11.3 Å². The molecule has 0 bridgehead atoms. The summed E-state index contributed by atoms with van der Waals surface area (Å²) < 4.78 is 0. The zero-order valence-electron chi connectivity index (χ0n) is 15.8. The number of nitrogens with one attached hydrogen (secondary N) is 2. The topological polar surface area (TPSA) is 74.3 Å². The van der Waals surface area contributed by atoms with Crippen molar-refractivity contribution < 1.29 is 9.59 Å². The number of pyridine rings is 1. The molecule has 1 fully saturated rings. The van der Waals surface area contributed by atoms with E-state index >= 15 is 0 Å². The predicted octanol–water partition coefficient (Wildman–Crippen LogP) is 2.81. The van der Waals surface area contributed by atoms with E-state index in [9.17, 15) is 9.59 Å². The zero-order valence-corrected chi connectivity index (χ0v) is 16.6. The summed E-state index contributed by atoms with van der Waals surface area (Å²) in [7, 11) is 0. The molecule has 0 saturated carbocycles. The van der Waals surface area contributed by atoms with Gasteiger partial charge in [0, 0.05) is 25.8 Å². The third-order valence-corrected chi connectivity index (χ3v) is 5.74. The molecule has 0 aromatic carbocycles. The molecule has 2 amide bonds. The summed E-state index contributed by atoms with van der Waals surface area (Å²) in [5, 5.41) is 7.40. The molecule has 1 unspecified atom stereocenters. The number of rotatable bonds is 6. The number of aromatic nitrogens is 1. The number of piperidine rings is 1. The molecule has 3 heterocycles. The van der Waals surface area contributed by atoms with E-state index in [1.165, 1.54) is 24.2 Å². The molecule has 1 aliphatic heterocycles. The Kier molecular flexibility index (Phi) is 6.45. The van der Waals surface area contributed by atoms with Gasteiger partial charge in [-0.3, -0.25) is 9.59 Å². The molecule has 1 aliphatic rings. The quantitative estimate of drug-likeness (QED) is 0.801. The fourth-order valence-electron chi connectivity index (χ4n) is 3.03. The van der Waals surface area contributed by atoms with Crippen molar-refractivity contribution in [2.45, 2.75) is 39.3 Å². The first-order valence-corrected chi connectivity index (χ1v) is 10.2. The average Bonchev–Trinajstić information content (AvgIpc) is 3.22. The molecule has 0 aliphatic carbocycles. The summed E-state index contributed by atoms with van der Waals surface area (Å²) in [6, 6.07) is 6.96. The summed E-state index contributed by atoms with van der Waals surface area (Å²) in [6.07, 6.45) is 4.21. The lowest BCUT2D eigenvalue weighted by molar-refractivity contribution is -0.122. The van der Waals surface area contributed by atoms with Crippen LogP contribution in [0.15, 0.2) is 35.8 Å². The number of carbonyl (C=O) groups excluding carboxylic acids is 2. The number of nitrogens with zero attached hydrogens (tertiary/aromatic N) is 2. The highest BCUT2D eigenvalue weighted by Crippen LogP contribution is 2.21. The largest absolute Gasteiger partial charge is 0.357 e. The van der Waals surface area contributed by atoms with Gasteiger partial charge in [0.1, 0.15) is 11.9 Å². The van der Waals surface area contributed by atoms with Crippen molar-refractivity contribution in [1.29, 1.82) is 0 Å². The second kappa shape index (κ2) is 8.99. The highest BCUT2D eigenvalue weighted by molar-refractivity contribution is 7.12. The van der Waals surface area contributed by atoms with Crippen LogP contribution in [0.4, 0.5) is 5.82 Å². The van der Waals surface area contributed by atoms with Gasteiger partial charge in [-0.1, -0.05) is 19.1 Å². The Balaban J connectivity index is 1.46. The molecule has 2 N–H and O–H groups in total. The first-order valence-electron chi connectivity index (χ1n) is 9.35. The predicted molar refractivity (Wildman–Crippen MR) is 108 cm³/mol. The highest BCUT2D eigenvalue weighted by Gasteiger charge is 2.18. The molecule has 2 aromatic rings. The molecule has 144 valence electrons. The monoisotopic (exact) mass is 386 g/mol. The summed E-state index contributed by atoms with van der Waals surface area (Å²) in [5.41, 5.74) is 0.939. The Morgan fingerprint density at radius 2 is 2.07 bits per heavy atom. The number of hydrogen-bond acceptors (Lipinski definition) is 5. The number of thiophene rings is 1. The third kappa shape index (κ3) is 5.29. The standard InChI is InChI=1S/C20H26N4O2S/c1-14-7-9-24(10-8-14)18-6-5-16(12-21-18)13-22-19(25)15(2)23-20(26)17-4-3-11-27-17/h3-6,11-12,14-15H,7-10,13H2,1-2H3,(H,22,25)(H,23,26). The van der Waals surface area contributed by atoms with E-state index in [1.54, 1.807) is 13.0 Å². The molecule has 27 heavy (non-hydrogen) atoms. The Hall–Kier alpha value is -2.41. The fraction of sp³-hybridized carbons (Fsp3) is 0.450. The third-order valence-electron chi connectivity index (χ3n) is 4.87. The Bertz CT molecular complexity index is 753. The van der Waals surface area contributed by atoms with Crippen LogP contribution in [0.5, 0.6) is 0 Å². The van der Waals surface area contributed by atoms with Gasteiger partial charge in [-0.2, -0.15) is 0 Å². The molecule has 2 aromatic heterocycles. The highest BCUT2D eigenvalue weighted by atomic mass is 32.1. The maximum Gasteiger partial charge on any atom is 0.261 e. The van der Waals surface area contributed by atoms with E-state index in [2.05, 4.69) is 27.4 Å². The van der Waals surface area contributed by atoms with E-state index < -0.39 is 6.04 Å². The van der Waals surface area contributed by atoms with Crippen LogP contribution in [-0.4, -0.2) is 35.9 Å². The maximum absolute atomic E-state index is 12.2. The molecule has 1 atom stereocenters. The minimum Gasteiger partial charge on any atom is -0.357 e. The van der Waals surface area contributed by atoms with Gasteiger partial charge in [0.05, 0.1) is 4.88 Å². The van der Waals surface area contributed by atoms with Gasteiger partial charge in [-0.25, -0.2) is 4.98 Å². The van der Waals surface area contributed by atoms with Gasteiger partial charge in [-0.15, -0.1) is 11.3 Å². The molecule has 1 saturated heterocycles. The van der Waals surface area contributed by atoms with Crippen molar-refractivity contribution in [2.75, 3.05) is 18.0 Å². The van der Waals surface area contributed by atoms with Crippen LogP contribution in [0, 0.1) is 5.92 Å². The lowest BCUT2D eigenvalue weighted by Gasteiger charge is -2.31.